The molecule has 3 aromatic rings. The maximum Gasteiger partial charge on any atom is 0.254 e. The summed E-state index contributed by atoms with van der Waals surface area (Å²) in [6.07, 6.45) is 2.72. The fraction of sp³-hybridized carbons (Fsp3) is 0.381. The molecular formula is C21H23ClN4OS. The predicted octanol–water partition coefficient (Wildman–Crippen LogP) is 3.83. The van der Waals surface area contributed by atoms with Crippen LogP contribution in [-0.2, 0) is 0 Å². The fourth-order valence-corrected chi connectivity index (χ4v) is 5.46. The molecule has 2 atom stereocenters. The van der Waals surface area contributed by atoms with Gasteiger partial charge in [-0.25, -0.2) is 9.97 Å². The summed E-state index contributed by atoms with van der Waals surface area (Å²) in [6.45, 7) is 7.04. The number of benzene rings is 1. The Kier molecular flexibility index (Phi) is 5.12. The van der Waals surface area contributed by atoms with Gasteiger partial charge in [0.15, 0.2) is 0 Å². The van der Waals surface area contributed by atoms with Gasteiger partial charge in [0.25, 0.3) is 5.91 Å². The molecule has 28 heavy (non-hydrogen) atoms. The number of nitrogens with zero attached hydrogens (tertiary/aromatic N) is 3. The molecule has 1 N–H and O–H groups in total. The third kappa shape index (κ3) is 3.00. The van der Waals surface area contributed by atoms with Crippen molar-refractivity contribution in [1.82, 2.24) is 20.2 Å². The summed E-state index contributed by atoms with van der Waals surface area (Å²) >= 11 is 1.70. The molecule has 4 heterocycles. The molecule has 0 bridgehead atoms. The van der Waals surface area contributed by atoms with Gasteiger partial charge in [-0.2, -0.15) is 0 Å². The summed E-state index contributed by atoms with van der Waals surface area (Å²) < 4.78 is 0. The maximum absolute atomic E-state index is 13.2. The van der Waals surface area contributed by atoms with Crippen LogP contribution in [0.5, 0.6) is 0 Å². The third-order valence-electron chi connectivity index (χ3n) is 6.05. The molecule has 5 rings (SSSR count). The van der Waals surface area contributed by atoms with Gasteiger partial charge in [-0.05, 0) is 43.9 Å². The molecule has 7 heteroatoms. The number of aromatic nitrogens is 2. The van der Waals surface area contributed by atoms with Crippen molar-refractivity contribution >= 4 is 39.9 Å². The number of likely N-dealkylation sites (tertiary alicyclic amines) is 1. The van der Waals surface area contributed by atoms with Gasteiger partial charge in [0.2, 0.25) is 0 Å². The number of rotatable bonds is 2. The number of amides is 1. The highest BCUT2D eigenvalue weighted by molar-refractivity contribution is 7.18. The zero-order valence-electron chi connectivity index (χ0n) is 15.9. The molecule has 0 saturated carbocycles. The first-order valence-electron chi connectivity index (χ1n) is 9.46. The fourth-order valence-electron chi connectivity index (χ4n) is 4.47. The predicted molar refractivity (Wildman–Crippen MR) is 115 cm³/mol. The molecule has 5 nitrogen and oxygen atoms in total. The summed E-state index contributed by atoms with van der Waals surface area (Å²) in [6, 6.07) is 8.26. The van der Waals surface area contributed by atoms with Crippen molar-refractivity contribution < 1.29 is 4.79 Å². The molecular weight excluding hydrogens is 392 g/mol. The van der Waals surface area contributed by atoms with Crippen LogP contribution in [-0.4, -0.2) is 46.5 Å². The van der Waals surface area contributed by atoms with Crippen LogP contribution in [0.4, 0.5) is 0 Å². The minimum atomic E-state index is 0. The van der Waals surface area contributed by atoms with E-state index in [9.17, 15) is 4.79 Å². The molecule has 0 spiro atoms. The number of aryl methyl sites for hydroxylation is 2. The van der Waals surface area contributed by atoms with E-state index in [0.717, 1.165) is 53.1 Å². The summed E-state index contributed by atoms with van der Waals surface area (Å²) in [5, 5.41) is 4.52. The van der Waals surface area contributed by atoms with E-state index in [0.29, 0.717) is 12.0 Å². The lowest BCUT2D eigenvalue weighted by Crippen LogP contribution is -2.39. The molecule has 2 saturated heterocycles. The zero-order valence-corrected chi connectivity index (χ0v) is 17.6. The number of thiophene rings is 1. The summed E-state index contributed by atoms with van der Waals surface area (Å²) in [5.74, 6) is 0.742. The monoisotopic (exact) mass is 414 g/mol. The van der Waals surface area contributed by atoms with Crippen LogP contribution < -0.4 is 5.32 Å². The zero-order chi connectivity index (χ0) is 18.5. The van der Waals surface area contributed by atoms with E-state index in [4.69, 9.17) is 0 Å². The van der Waals surface area contributed by atoms with Crippen molar-refractivity contribution in [1.29, 1.82) is 0 Å². The van der Waals surface area contributed by atoms with Crippen LogP contribution in [0.2, 0.25) is 0 Å². The third-order valence-corrected chi connectivity index (χ3v) is 7.17. The number of nitrogens with one attached hydrogen (secondary N) is 1. The Balaban J connectivity index is 0.00000192. The molecule has 1 aromatic carbocycles. The summed E-state index contributed by atoms with van der Waals surface area (Å²) in [7, 11) is 0. The molecule has 146 valence electrons. The van der Waals surface area contributed by atoms with Gasteiger partial charge in [0, 0.05) is 47.1 Å². The lowest BCUT2D eigenvalue weighted by molar-refractivity contribution is 0.0737. The Hall–Kier alpha value is -2.02. The van der Waals surface area contributed by atoms with Crippen LogP contribution in [0.15, 0.2) is 30.6 Å². The molecule has 2 aromatic heterocycles. The topological polar surface area (TPSA) is 58.1 Å². The average molecular weight is 415 g/mol. The molecule has 2 aliphatic heterocycles. The Morgan fingerprint density at radius 2 is 2.11 bits per heavy atom. The quantitative estimate of drug-likeness (QED) is 0.692. The second-order valence-corrected chi connectivity index (χ2v) is 8.74. The first-order chi connectivity index (χ1) is 13.1. The number of carbonyl (C=O) groups is 1. The van der Waals surface area contributed by atoms with E-state index in [1.165, 1.54) is 10.4 Å². The van der Waals surface area contributed by atoms with E-state index in [-0.39, 0.29) is 18.3 Å². The SMILES string of the molecule is Cc1sc2ncnc(-c3cccc(C(=O)N4CC[C@H]5CNC[C@H]54)c3)c2c1C.Cl. The lowest BCUT2D eigenvalue weighted by atomic mass is 10.0. The maximum atomic E-state index is 13.2. The van der Waals surface area contributed by atoms with Crippen LogP contribution in [0.3, 0.4) is 0 Å². The number of halogens is 1. The minimum absolute atomic E-state index is 0. The number of carbonyl (C=O) groups excluding carboxylic acids is 1. The second kappa shape index (κ2) is 7.43. The van der Waals surface area contributed by atoms with Crippen molar-refractivity contribution in [2.45, 2.75) is 26.3 Å². The van der Waals surface area contributed by atoms with Crippen molar-refractivity contribution in [3.05, 3.63) is 46.6 Å². The van der Waals surface area contributed by atoms with Crippen LogP contribution in [0, 0.1) is 19.8 Å². The van der Waals surface area contributed by atoms with E-state index in [1.54, 1.807) is 17.7 Å². The van der Waals surface area contributed by atoms with E-state index >= 15 is 0 Å². The minimum Gasteiger partial charge on any atom is -0.334 e. The summed E-state index contributed by atoms with van der Waals surface area (Å²) in [5.41, 5.74) is 3.87. The summed E-state index contributed by atoms with van der Waals surface area (Å²) in [4.78, 5) is 26.5. The molecule has 0 aliphatic carbocycles. The molecule has 2 aliphatic rings. The van der Waals surface area contributed by atoms with E-state index in [1.807, 2.05) is 24.3 Å². The van der Waals surface area contributed by atoms with Gasteiger partial charge in [-0.3, -0.25) is 4.79 Å². The number of hydrogen-bond acceptors (Lipinski definition) is 5. The van der Waals surface area contributed by atoms with Crippen molar-refractivity contribution in [2.75, 3.05) is 19.6 Å². The Morgan fingerprint density at radius 1 is 1.25 bits per heavy atom. The van der Waals surface area contributed by atoms with Gasteiger partial charge in [-0.15, -0.1) is 23.7 Å². The standard InChI is InChI=1S/C21H22N4OS.ClH/c1-12-13(2)27-20-18(12)19(23-11-24-20)14-4-3-5-15(8-14)21(26)25-7-6-16-9-22-10-17(16)25;/h3-5,8,11,16-17,22H,6-7,9-10H2,1-2H3;1H/t16-,17+;/m0./s1. The van der Waals surface area contributed by atoms with Crippen LogP contribution >= 0.6 is 23.7 Å². The highest BCUT2D eigenvalue weighted by Crippen LogP contribution is 2.35. The molecule has 0 unspecified atom stereocenters. The number of fused-ring (bicyclic) bond motifs is 2. The average Bonchev–Trinajstić information content (AvgIpc) is 3.37. The highest BCUT2D eigenvalue weighted by Gasteiger charge is 2.40. The van der Waals surface area contributed by atoms with E-state index < -0.39 is 0 Å². The highest BCUT2D eigenvalue weighted by atomic mass is 35.5. The first-order valence-corrected chi connectivity index (χ1v) is 10.3. The largest absolute Gasteiger partial charge is 0.334 e. The van der Waals surface area contributed by atoms with E-state index in [2.05, 4.69) is 34.0 Å². The van der Waals surface area contributed by atoms with Gasteiger partial charge in [0.05, 0.1) is 5.69 Å². The van der Waals surface area contributed by atoms with Crippen LogP contribution in [0.1, 0.15) is 27.2 Å². The van der Waals surface area contributed by atoms with Gasteiger partial charge < -0.3 is 10.2 Å². The Bertz CT molecular complexity index is 1050. The number of hydrogen-bond donors (Lipinski definition) is 1. The Labute approximate surface area is 174 Å². The molecule has 2 fully saturated rings. The van der Waals surface area contributed by atoms with Crippen LogP contribution in [0.25, 0.3) is 21.5 Å². The smallest absolute Gasteiger partial charge is 0.254 e. The van der Waals surface area contributed by atoms with Gasteiger partial charge in [-0.1, -0.05) is 12.1 Å². The van der Waals surface area contributed by atoms with Crippen molar-refractivity contribution in [3.63, 3.8) is 0 Å². The lowest BCUT2D eigenvalue weighted by Gasteiger charge is -2.23. The normalized spacial score (nSPS) is 21.0. The van der Waals surface area contributed by atoms with Gasteiger partial charge in [0.1, 0.15) is 11.2 Å². The molecule has 1 amide bonds. The van der Waals surface area contributed by atoms with Crippen molar-refractivity contribution in [3.8, 4) is 11.3 Å². The second-order valence-electron chi connectivity index (χ2n) is 7.54. The first kappa shape index (κ1) is 19.3. The van der Waals surface area contributed by atoms with Crippen molar-refractivity contribution in [2.24, 2.45) is 5.92 Å². The Morgan fingerprint density at radius 3 is 2.96 bits per heavy atom. The molecule has 0 radical (unpaired) electrons. The van der Waals surface area contributed by atoms with Gasteiger partial charge >= 0.3 is 0 Å².